The number of fused-ring (bicyclic) bond motifs is 1. The summed E-state index contributed by atoms with van der Waals surface area (Å²) in [6, 6.07) is 9.08. The van der Waals surface area contributed by atoms with E-state index in [0.29, 0.717) is 23.4 Å². The fourth-order valence-electron chi connectivity index (χ4n) is 3.49. The van der Waals surface area contributed by atoms with Crippen molar-refractivity contribution in [1.29, 1.82) is 0 Å². The molecule has 4 rings (SSSR count). The Hall–Kier alpha value is -2.34. The summed E-state index contributed by atoms with van der Waals surface area (Å²) < 4.78 is 10.9. The molecule has 1 aliphatic carbocycles. The van der Waals surface area contributed by atoms with E-state index < -0.39 is 5.63 Å². The van der Waals surface area contributed by atoms with E-state index in [4.69, 9.17) is 9.15 Å². The summed E-state index contributed by atoms with van der Waals surface area (Å²) in [5, 5.41) is 4.17. The number of piperidine rings is 1. The Morgan fingerprint density at radius 3 is 2.60 bits per heavy atom. The summed E-state index contributed by atoms with van der Waals surface area (Å²) in [5.74, 6) is 0.584. The topological polar surface area (TPSA) is 71.8 Å². The lowest BCUT2D eigenvalue weighted by atomic mass is 10.0. The van der Waals surface area contributed by atoms with Crippen LogP contribution in [0.5, 0.6) is 5.75 Å². The van der Waals surface area contributed by atoms with Gasteiger partial charge in [-0.25, -0.2) is 4.79 Å². The van der Waals surface area contributed by atoms with Crippen LogP contribution in [-0.2, 0) is 4.79 Å². The van der Waals surface area contributed by atoms with Gasteiger partial charge in [0, 0.05) is 29.6 Å². The Balaban J connectivity index is 1.44. The molecule has 1 saturated heterocycles. The van der Waals surface area contributed by atoms with Crippen LogP contribution in [0, 0.1) is 0 Å². The number of amides is 1. The molecule has 1 saturated carbocycles. The van der Waals surface area contributed by atoms with Crippen molar-refractivity contribution in [3.63, 3.8) is 0 Å². The molecule has 1 aliphatic heterocycles. The monoisotopic (exact) mass is 342 g/mol. The first-order valence-electron chi connectivity index (χ1n) is 8.89. The third kappa shape index (κ3) is 3.69. The fourth-order valence-corrected chi connectivity index (χ4v) is 3.49. The highest BCUT2D eigenvalue weighted by molar-refractivity contribution is 5.80. The molecule has 1 aromatic heterocycles. The van der Waals surface area contributed by atoms with Crippen LogP contribution in [0.15, 0.2) is 39.5 Å². The highest BCUT2D eigenvalue weighted by Gasteiger charge is 2.37. The van der Waals surface area contributed by atoms with Gasteiger partial charge in [0.05, 0.1) is 0 Å². The number of rotatable bonds is 5. The number of nitrogens with one attached hydrogen (secondary N) is 1. The fraction of sp³-hybridized carbons (Fsp3) is 0.474. The number of ether oxygens (including phenoxy) is 1. The summed E-state index contributed by atoms with van der Waals surface area (Å²) in [4.78, 5) is 26.1. The second-order valence-electron chi connectivity index (χ2n) is 6.76. The standard InChI is InChI=1S/C19H22N2O4/c22-18(21(14-3-4-14)15-7-9-20-10-8-15)12-24-16-5-1-13-2-6-19(23)25-17(13)11-16/h1-2,5-6,11,14-15,20H,3-4,7-10,12H2. The molecule has 2 heterocycles. The van der Waals surface area contributed by atoms with Crippen LogP contribution >= 0.6 is 0 Å². The van der Waals surface area contributed by atoms with E-state index in [-0.39, 0.29) is 12.5 Å². The van der Waals surface area contributed by atoms with Crippen molar-refractivity contribution in [3.8, 4) is 5.75 Å². The molecule has 1 amide bonds. The van der Waals surface area contributed by atoms with Crippen LogP contribution in [0.4, 0.5) is 0 Å². The van der Waals surface area contributed by atoms with Crippen LogP contribution in [-0.4, -0.2) is 42.6 Å². The molecule has 6 nitrogen and oxygen atoms in total. The molecule has 6 heteroatoms. The minimum Gasteiger partial charge on any atom is -0.484 e. The summed E-state index contributed by atoms with van der Waals surface area (Å²) in [5.41, 5.74) is 0.0707. The minimum absolute atomic E-state index is 0.0169. The zero-order chi connectivity index (χ0) is 17.2. The first kappa shape index (κ1) is 16.1. The average Bonchev–Trinajstić information content (AvgIpc) is 3.45. The van der Waals surface area contributed by atoms with Crippen LogP contribution in [0.3, 0.4) is 0 Å². The Morgan fingerprint density at radius 2 is 1.84 bits per heavy atom. The van der Waals surface area contributed by atoms with Gasteiger partial charge in [-0.1, -0.05) is 0 Å². The van der Waals surface area contributed by atoms with Crippen LogP contribution in [0.25, 0.3) is 11.0 Å². The van der Waals surface area contributed by atoms with Gasteiger partial charge in [0.2, 0.25) is 0 Å². The van der Waals surface area contributed by atoms with Gasteiger partial charge in [0.1, 0.15) is 11.3 Å². The molecule has 2 fully saturated rings. The van der Waals surface area contributed by atoms with Crippen molar-refractivity contribution in [2.24, 2.45) is 0 Å². The van der Waals surface area contributed by atoms with Gasteiger partial charge in [0.15, 0.2) is 6.61 Å². The second-order valence-corrected chi connectivity index (χ2v) is 6.76. The number of carbonyl (C=O) groups is 1. The van der Waals surface area contributed by atoms with Gasteiger partial charge in [-0.15, -0.1) is 0 Å². The van der Waals surface area contributed by atoms with Crippen LogP contribution in [0.2, 0.25) is 0 Å². The highest BCUT2D eigenvalue weighted by atomic mass is 16.5. The van der Waals surface area contributed by atoms with Crippen molar-refractivity contribution < 1.29 is 13.9 Å². The van der Waals surface area contributed by atoms with Gasteiger partial charge in [-0.3, -0.25) is 4.79 Å². The van der Waals surface area contributed by atoms with Crippen LogP contribution < -0.4 is 15.7 Å². The van der Waals surface area contributed by atoms with Gasteiger partial charge in [-0.2, -0.15) is 0 Å². The van der Waals surface area contributed by atoms with E-state index in [1.54, 1.807) is 18.2 Å². The lowest BCUT2D eigenvalue weighted by molar-refractivity contribution is -0.137. The molecule has 1 aromatic carbocycles. The minimum atomic E-state index is -0.397. The number of carbonyl (C=O) groups excluding carboxylic acids is 1. The molecule has 132 valence electrons. The van der Waals surface area contributed by atoms with E-state index >= 15 is 0 Å². The number of hydrogen-bond acceptors (Lipinski definition) is 5. The predicted molar refractivity (Wildman–Crippen MR) is 93.7 cm³/mol. The molecule has 0 unspecified atom stereocenters. The molecule has 0 bridgehead atoms. The Morgan fingerprint density at radius 1 is 1.12 bits per heavy atom. The van der Waals surface area contributed by atoms with Crippen molar-refractivity contribution in [2.75, 3.05) is 19.7 Å². The van der Waals surface area contributed by atoms with E-state index in [9.17, 15) is 9.59 Å². The molecule has 0 spiro atoms. The highest BCUT2D eigenvalue weighted by Crippen LogP contribution is 2.31. The molecular formula is C19H22N2O4. The Bertz CT molecular complexity index is 822. The maximum absolute atomic E-state index is 12.7. The Labute approximate surface area is 145 Å². The third-order valence-corrected chi connectivity index (χ3v) is 4.89. The van der Waals surface area contributed by atoms with Gasteiger partial charge in [0.25, 0.3) is 5.91 Å². The van der Waals surface area contributed by atoms with Gasteiger partial charge in [-0.05, 0) is 57.0 Å². The molecule has 1 N–H and O–H groups in total. The maximum Gasteiger partial charge on any atom is 0.336 e. The van der Waals surface area contributed by atoms with Crippen molar-refractivity contribution in [3.05, 3.63) is 40.8 Å². The van der Waals surface area contributed by atoms with Crippen molar-refractivity contribution >= 4 is 16.9 Å². The first-order valence-corrected chi connectivity index (χ1v) is 8.89. The van der Waals surface area contributed by atoms with E-state index in [2.05, 4.69) is 5.32 Å². The maximum atomic E-state index is 12.7. The van der Waals surface area contributed by atoms with E-state index in [0.717, 1.165) is 44.2 Å². The molecule has 0 atom stereocenters. The summed E-state index contributed by atoms with van der Waals surface area (Å²) >= 11 is 0. The molecule has 25 heavy (non-hydrogen) atoms. The smallest absolute Gasteiger partial charge is 0.336 e. The third-order valence-electron chi connectivity index (χ3n) is 4.89. The average molecular weight is 342 g/mol. The predicted octanol–water partition coefficient (Wildman–Crippen LogP) is 1.91. The quantitative estimate of drug-likeness (QED) is 0.841. The summed E-state index contributed by atoms with van der Waals surface area (Å²) in [6.07, 6.45) is 4.19. The summed E-state index contributed by atoms with van der Waals surface area (Å²) in [6.45, 7) is 1.94. The number of hydrogen-bond donors (Lipinski definition) is 1. The van der Waals surface area contributed by atoms with Crippen LogP contribution in [0.1, 0.15) is 25.7 Å². The molecular weight excluding hydrogens is 320 g/mol. The van der Waals surface area contributed by atoms with E-state index in [1.807, 2.05) is 11.0 Å². The molecule has 2 aromatic rings. The number of nitrogens with zero attached hydrogens (tertiary/aromatic N) is 1. The van der Waals surface area contributed by atoms with Crippen molar-refractivity contribution in [2.45, 2.75) is 37.8 Å². The molecule has 0 radical (unpaired) electrons. The van der Waals surface area contributed by atoms with E-state index in [1.165, 1.54) is 6.07 Å². The largest absolute Gasteiger partial charge is 0.484 e. The number of benzene rings is 1. The zero-order valence-electron chi connectivity index (χ0n) is 14.1. The molecule has 2 aliphatic rings. The second kappa shape index (κ2) is 6.88. The van der Waals surface area contributed by atoms with Crippen molar-refractivity contribution in [1.82, 2.24) is 10.2 Å². The summed E-state index contributed by atoms with van der Waals surface area (Å²) in [7, 11) is 0. The Kier molecular flexibility index (Phi) is 4.44. The van der Waals surface area contributed by atoms with Gasteiger partial charge < -0.3 is 19.4 Å². The lowest BCUT2D eigenvalue weighted by Gasteiger charge is -2.34. The zero-order valence-corrected chi connectivity index (χ0v) is 14.1. The first-order chi connectivity index (χ1) is 12.2. The normalized spacial score (nSPS) is 18.2. The SMILES string of the molecule is O=C(COc1ccc2ccc(=O)oc2c1)N(C1CCNCC1)C1CC1. The van der Waals surface area contributed by atoms with Gasteiger partial charge >= 0.3 is 5.63 Å². The lowest BCUT2D eigenvalue weighted by Crippen LogP contribution is -2.48.